The normalized spacial score (nSPS) is 11.6. The van der Waals surface area contributed by atoms with E-state index in [4.69, 9.17) is 13.9 Å². The summed E-state index contributed by atoms with van der Waals surface area (Å²) < 4.78 is 16.5. The number of hydrogen-bond donors (Lipinski definition) is 0. The Hall–Kier alpha value is -0.800. The summed E-state index contributed by atoms with van der Waals surface area (Å²) in [6.07, 6.45) is 1.70. The van der Waals surface area contributed by atoms with Crippen molar-refractivity contribution in [3.63, 3.8) is 0 Å². The number of furan rings is 1. The van der Waals surface area contributed by atoms with Crippen molar-refractivity contribution >= 4 is 0 Å². The highest BCUT2D eigenvalue weighted by molar-refractivity contribution is 5.15. The highest BCUT2D eigenvalue weighted by Gasteiger charge is 2.07. The van der Waals surface area contributed by atoms with Gasteiger partial charge in [-0.3, -0.25) is 0 Å². The van der Waals surface area contributed by atoms with E-state index in [9.17, 15) is 0 Å². The van der Waals surface area contributed by atoms with Gasteiger partial charge in [-0.05, 0) is 17.9 Å². The molecule has 0 atom stereocenters. The summed E-state index contributed by atoms with van der Waals surface area (Å²) in [6.45, 7) is 11.2. The molecule has 3 nitrogen and oxygen atoms in total. The quantitative estimate of drug-likeness (QED) is 0.695. The molecule has 1 aromatic heterocycles. The van der Waals surface area contributed by atoms with Crippen LogP contribution in [-0.4, -0.2) is 13.2 Å². The van der Waals surface area contributed by atoms with Crippen LogP contribution in [0.15, 0.2) is 16.7 Å². The predicted octanol–water partition coefficient (Wildman–Crippen LogP) is 3.62. The molecule has 0 aromatic carbocycles. The molecule has 98 valence electrons. The molecular weight excluding hydrogens is 216 g/mol. The fraction of sp³-hybridized carbons (Fsp3) is 0.714. The Morgan fingerprint density at radius 3 is 2.18 bits per heavy atom. The fourth-order valence-electron chi connectivity index (χ4n) is 1.41. The number of rotatable bonds is 8. The van der Waals surface area contributed by atoms with Crippen molar-refractivity contribution in [3.05, 3.63) is 23.7 Å². The second-order valence-corrected chi connectivity index (χ2v) is 5.19. The van der Waals surface area contributed by atoms with Crippen molar-refractivity contribution in [2.45, 2.75) is 40.9 Å². The SMILES string of the molecule is CC(C)COCc1ccoc1COCC(C)C. The van der Waals surface area contributed by atoms with E-state index < -0.39 is 0 Å². The van der Waals surface area contributed by atoms with E-state index in [0.717, 1.165) is 24.5 Å². The molecule has 0 N–H and O–H groups in total. The lowest BCUT2D eigenvalue weighted by Gasteiger charge is -2.08. The summed E-state index contributed by atoms with van der Waals surface area (Å²) in [5, 5.41) is 0. The zero-order valence-electron chi connectivity index (χ0n) is 11.4. The summed E-state index contributed by atoms with van der Waals surface area (Å²) in [4.78, 5) is 0. The first-order valence-electron chi connectivity index (χ1n) is 6.30. The number of hydrogen-bond acceptors (Lipinski definition) is 3. The first-order chi connectivity index (χ1) is 8.09. The third kappa shape index (κ3) is 5.89. The first-order valence-corrected chi connectivity index (χ1v) is 6.30. The van der Waals surface area contributed by atoms with E-state index in [0.29, 0.717) is 25.0 Å². The van der Waals surface area contributed by atoms with Gasteiger partial charge in [-0.2, -0.15) is 0 Å². The van der Waals surface area contributed by atoms with Crippen molar-refractivity contribution in [1.29, 1.82) is 0 Å². The smallest absolute Gasteiger partial charge is 0.134 e. The van der Waals surface area contributed by atoms with Crippen molar-refractivity contribution in [2.24, 2.45) is 11.8 Å². The second-order valence-electron chi connectivity index (χ2n) is 5.19. The van der Waals surface area contributed by atoms with Gasteiger partial charge < -0.3 is 13.9 Å². The lowest BCUT2D eigenvalue weighted by Crippen LogP contribution is -2.05. The van der Waals surface area contributed by atoms with Crippen LogP contribution in [0.4, 0.5) is 0 Å². The predicted molar refractivity (Wildman–Crippen MR) is 67.7 cm³/mol. The molecule has 1 rings (SSSR count). The summed E-state index contributed by atoms with van der Waals surface area (Å²) in [5.74, 6) is 1.99. The molecule has 3 heteroatoms. The Morgan fingerprint density at radius 1 is 1.00 bits per heavy atom. The van der Waals surface area contributed by atoms with Gasteiger partial charge in [0.25, 0.3) is 0 Å². The summed E-state index contributed by atoms with van der Waals surface area (Å²) in [7, 11) is 0. The maximum absolute atomic E-state index is 5.59. The van der Waals surface area contributed by atoms with Gasteiger partial charge in [-0.25, -0.2) is 0 Å². The maximum Gasteiger partial charge on any atom is 0.134 e. The molecule has 0 aliphatic heterocycles. The number of ether oxygens (including phenoxy) is 2. The molecule has 0 saturated heterocycles. The second kappa shape index (κ2) is 7.51. The van der Waals surface area contributed by atoms with Gasteiger partial charge in [0.15, 0.2) is 0 Å². The molecule has 0 amide bonds. The minimum atomic E-state index is 0.533. The van der Waals surface area contributed by atoms with Crippen molar-refractivity contribution in [3.8, 4) is 0 Å². The van der Waals surface area contributed by atoms with Gasteiger partial charge in [0, 0.05) is 18.8 Å². The lowest BCUT2D eigenvalue weighted by atomic mass is 10.2. The molecule has 0 aliphatic carbocycles. The summed E-state index contributed by atoms with van der Waals surface area (Å²) >= 11 is 0. The van der Waals surface area contributed by atoms with E-state index in [-0.39, 0.29) is 0 Å². The van der Waals surface area contributed by atoms with Gasteiger partial charge in [-0.1, -0.05) is 27.7 Å². The van der Waals surface area contributed by atoms with E-state index in [1.165, 1.54) is 0 Å². The Balaban J connectivity index is 2.32. The van der Waals surface area contributed by atoms with Gasteiger partial charge in [0.2, 0.25) is 0 Å². The summed E-state index contributed by atoms with van der Waals surface area (Å²) in [6, 6.07) is 1.95. The highest BCUT2D eigenvalue weighted by atomic mass is 16.5. The van der Waals surface area contributed by atoms with E-state index in [1.54, 1.807) is 6.26 Å². The van der Waals surface area contributed by atoms with Crippen LogP contribution in [-0.2, 0) is 22.7 Å². The van der Waals surface area contributed by atoms with Crippen LogP contribution in [0.25, 0.3) is 0 Å². The molecule has 0 spiro atoms. The third-order valence-corrected chi connectivity index (χ3v) is 2.23. The maximum atomic E-state index is 5.59. The molecule has 0 bridgehead atoms. The Morgan fingerprint density at radius 2 is 1.59 bits per heavy atom. The van der Waals surface area contributed by atoms with Gasteiger partial charge >= 0.3 is 0 Å². The topological polar surface area (TPSA) is 31.6 Å². The van der Waals surface area contributed by atoms with E-state index in [1.807, 2.05) is 6.07 Å². The molecule has 1 aromatic rings. The molecule has 1 heterocycles. The first kappa shape index (κ1) is 14.3. The van der Waals surface area contributed by atoms with E-state index in [2.05, 4.69) is 27.7 Å². The van der Waals surface area contributed by atoms with Gasteiger partial charge in [0.05, 0.1) is 12.9 Å². The van der Waals surface area contributed by atoms with Crippen molar-refractivity contribution in [1.82, 2.24) is 0 Å². The van der Waals surface area contributed by atoms with Crippen LogP contribution < -0.4 is 0 Å². The van der Waals surface area contributed by atoms with Crippen LogP contribution in [0, 0.1) is 11.8 Å². The molecule has 17 heavy (non-hydrogen) atoms. The average Bonchev–Trinajstić information content (AvgIpc) is 2.65. The molecule has 0 saturated carbocycles. The van der Waals surface area contributed by atoms with E-state index >= 15 is 0 Å². The lowest BCUT2D eigenvalue weighted by molar-refractivity contribution is 0.0750. The summed E-state index contributed by atoms with van der Waals surface area (Å²) in [5.41, 5.74) is 1.09. The van der Waals surface area contributed by atoms with Gasteiger partial charge in [-0.15, -0.1) is 0 Å². The van der Waals surface area contributed by atoms with Crippen LogP contribution >= 0.6 is 0 Å². The Bertz CT molecular complexity index is 274. The van der Waals surface area contributed by atoms with Crippen LogP contribution in [0.5, 0.6) is 0 Å². The van der Waals surface area contributed by atoms with Crippen LogP contribution in [0.3, 0.4) is 0 Å². The van der Waals surface area contributed by atoms with Crippen molar-refractivity contribution < 1.29 is 13.9 Å². The zero-order chi connectivity index (χ0) is 12.7. The minimum absolute atomic E-state index is 0.533. The minimum Gasteiger partial charge on any atom is -0.467 e. The largest absolute Gasteiger partial charge is 0.467 e. The Kier molecular flexibility index (Phi) is 6.30. The molecular formula is C14H24O3. The Labute approximate surface area is 104 Å². The van der Waals surface area contributed by atoms with Gasteiger partial charge in [0.1, 0.15) is 12.4 Å². The highest BCUT2D eigenvalue weighted by Crippen LogP contribution is 2.14. The standard InChI is InChI=1S/C14H24O3/c1-11(2)7-15-9-13-5-6-17-14(13)10-16-8-12(3)4/h5-6,11-12H,7-10H2,1-4H3. The van der Waals surface area contributed by atoms with Crippen molar-refractivity contribution in [2.75, 3.05) is 13.2 Å². The molecule has 0 fully saturated rings. The monoisotopic (exact) mass is 240 g/mol. The van der Waals surface area contributed by atoms with Crippen LogP contribution in [0.1, 0.15) is 39.0 Å². The third-order valence-electron chi connectivity index (χ3n) is 2.23. The molecule has 0 radical (unpaired) electrons. The zero-order valence-corrected chi connectivity index (χ0v) is 11.4. The van der Waals surface area contributed by atoms with Crippen LogP contribution in [0.2, 0.25) is 0 Å². The molecule has 0 unspecified atom stereocenters. The average molecular weight is 240 g/mol. The fourth-order valence-corrected chi connectivity index (χ4v) is 1.41. The molecule has 0 aliphatic rings.